The van der Waals surface area contributed by atoms with E-state index in [0.29, 0.717) is 18.4 Å². The molecule has 2 heterocycles. The molecule has 152 valence electrons. The number of hydrogen-bond donors (Lipinski definition) is 2. The second kappa shape index (κ2) is 7.31. The third kappa shape index (κ3) is 3.70. The molecular formula is C20H25F2N3O3. The first-order valence-electron chi connectivity index (χ1n) is 9.87. The Morgan fingerprint density at radius 3 is 2.54 bits per heavy atom. The summed E-state index contributed by atoms with van der Waals surface area (Å²) in [7, 11) is 0. The molecule has 0 unspecified atom stereocenters. The van der Waals surface area contributed by atoms with E-state index in [-0.39, 0.29) is 19.0 Å². The molecule has 4 rings (SSSR count). The van der Waals surface area contributed by atoms with Crippen molar-refractivity contribution < 1.29 is 23.5 Å². The number of benzene rings is 1. The highest BCUT2D eigenvalue weighted by Crippen LogP contribution is 2.43. The van der Waals surface area contributed by atoms with E-state index in [1.165, 1.54) is 4.90 Å². The highest BCUT2D eigenvalue weighted by Gasteiger charge is 2.53. The Morgan fingerprint density at radius 1 is 1.14 bits per heavy atom. The number of β-amino-alcohol motifs (C(OH)–C–C–N with tert-alkyl or cyclic N) is 1. The van der Waals surface area contributed by atoms with Crippen LogP contribution >= 0.6 is 0 Å². The Bertz CT molecular complexity index is 763. The number of halogens is 2. The molecule has 0 aromatic heterocycles. The smallest absolute Gasteiger partial charge is 0.327 e. The number of aliphatic hydroxyl groups is 1. The Balaban J connectivity index is 1.40. The monoisotopic (exact) mass is 393 g/mol. The lowest BCUT2D eigenvalue weighted by Gasteiger charge is -2.21. The van der Waals surface area contributed by atoms with E-state index < -0.39 is 29.9 Å². The van der Waals surface area contributed by atoms with Gasteiger partial charge in [-0.1, -0.05) is 6.07 Å². The van der Waals surface area contributed by atoms with Crippen LogP contribution in [0.2, 0.25) is 0 Å². The Kier molecular flexibility index (Phi) is 4.99. The van der Waals surface area contributed by atoms with Gasteiger partial charge in [-0.3, -0.25) is 9.59 Å². The number of aliphatic hydroxyl groups excluding tert-OH is 1. The van der Waals surface area contributed by atoms with Gasteiger partial charge in [0.2, 0.25) is 0 Å². The fourth-order valence-corrected chi connectivity index (χ4v) is 3.98. The minimum absolute atomic E-state index is 0.00667. The largest absolute Gasteiger partial charge is 0.389 e. The van der Waals surface area contributed by atoms with Gasteiger partial charge in [0, 0.05) is 43.3 Å². The number of likely N-dealkylation sites (tertiary alicyclic amines) is 1. The first-order valence-corrected chi connectivity index (χ1v) is 9.87. The average Bonchev–Trinajstić information content (AvgIpc) is 3.29. The van der Waals surface area contributed by atoms with Gasteiger partial charge < -0.3 is 20.2 Å². The molecule has 1 aliphatic carbocycles. The molecule has 2 amide bonds. The molecule has 0 bridgehead atoms. The van der Waals surface area contributed by atoms with Gasteiger partial charge in [0.1, 0.15) is 0 Å². The quantitative estimate of drug-likeness (QED) is 0.798. The zero-order chi connectivity index (χ0) is 19.9. The second-order valence-corrected chi connectivity index (χ2v) is 8.00. The van der Waals surface area contributed by atoms with Gasteiger partial charge in [0.05, 0.1) is 12.1 Å². The van der Waals surface area contributed by atoms with Crippen molar-refractivity contribution in [2.75, 3.05) is 31.1 Å². The molecule has 3 aliphatic rings. The molecule has 1 saturated carbocycles. The van der Waals surface area contributed by atoms with Crippen LogP contribution < -0.4 is 10.2 Å². The second-order valence-electron chi connectivity index (χ2n) is 8.00. The summed E-state index contributed by atoms with van der Waals surface area (Å²) in [6.45, 7) is 1.94. The van der Waals surface area contributed by atoms with E-state index in [9.17, 15) is 23.5 Å². The Hall–Kier alpha value is -2.22. The summed E-state index contributed by atoms with van der Waals surface area (Å²) < 4.78 is 27.8. The van der Waals surface area contributed by atoms with E-state index in [1.807, 2.05) is 18.2 Å². The molecule has 2 atom stereocenters. The van der Waals surface area contributed by atoms with Crippen molar-refractivity contribution in [1.29, 1.82) is 0 Å². The summed E-state index contributed by atoms with van der Waals surface area (Å²) >= 11 is 0. The van der Waals surface area contributed by atoms with Crippen LogP contribution in [0.5, 0.6) is 0 Å². The predicted molar refractivity (Wildman–Crippen MR) is 99.4 cm³/mol. The van der Waals surface area contributed by atoms with E-state index in [0.717, 1.165) is 31.6 Å². The topological polar surface area (TPSA) is 72.9 Å². The molecule has 2 N–H and O–H groups in total. The number of nitrogens with one attached hydrogen (secondary N) is 1. The molecule has 6 nitrogen and oxygen atoms in total. The van der Waals surface area contributed by atoms with Gasteiger partial charge in [-0.05, 0) is 43.9 Å². The number of hydrogen-bond acceptors (Lipinski definition) is 4. The fraction of sp³-hybridized carbons (Fsp3) is 0.600. The third-order valence-electron chi connectivity index (χ3n) is 5.85. The van der Waals surface area contributed by atoms with Crippen molar-refractivity contribution in [3.63, 3.8) is 0 Å². The van der Waals surface area contributed by atoms with Crippen LogP contribution in [0.25, 0.3) is 0 Å². The maximum Gasteiger partial charge on any atom is 0.327 e. The molecule has 2 saturated heterocycles. The normalized spacial score (nSPS) is 25.2. The first-order chi connectivity index (χ1) is 13.4. The maximum absolute atomic E-state index is 13.9. The lowest BCUT2D eigenvalue weighted by Crippen LogP contribution is -2.50. The lowest BCUT2D eigenvalue weighted by atomic mass is 10.1. The van der Waals surface area contributed by atoms with E-state index >= 15 is 0 Å². The minimum atomic E-state index is -3.42. The maximum atomic E-state index is 13.9. The van der Waals surface area contributed by atoms with Gasteiger partial charge >= 0.3 is 5.92 Å². The van der Waals surface area contributed by atoms with Gasteiger partial charge in [0.25, 0.3) is 11.8 Å². The molecule has 0 spiro atoms. The summed E-state index contributed by atoms with van der Waals surface area (Å²) in [5.74, 6) is -5.95. The van der Waals surface area contributed by atoms with Crippen molar-refractivity contribution in [1.82, 2.24) is 10.2 Å². The van der Waals surface area contributed by atoms with Gasteiger partial charge in [-0.25, -0.2) is 0 Å². The number of nitrogens with zero attached hydrogens (tertiary/aromatic N) is 2. The van der Waals surface area contributed by atoms with Crippen LogP contribution in [0.4, 0.5) is 14.5 Å². The molecule has 28 heavy (non-hydrogen) atoms. The number of anilines is 1. The Labute approximate surface area is 162 Å². The van der Waals surface area contributed by atoms with E-state index in [2.05, 4.69) is 10.2 Å². The van der Waals surface area contributed by atoms with Gasteiger partial charge in [0.15, 0.2) is 0 Å². The molecule has 3 fully saturated rings. The summed E-state index contributed by atoms with van der Waals surface area (Å²) in [5.41, 5.74) is 1.48. The zero-order valence-corrected chi connectivity index (χ0v) is 15.6. The third-order valence-corrected chi connectivity index (χ3v) is 5.85. The lowest BCUT2D eigenvalue weighted by molar-refractivity contribution is -0.149. The van der Waals surface area contributed by atoms with Crippen LogP contribution in [0.1, 0.15) is 36.0 Å². The number of alkyl halides is 2. The van der Waals surface area contributed by atoms with Crippen molar-refractivity contribution in [2.24, 2.45) is 5.92 Å². The van der Waals surface area contributed by atoms with E-state index in [1.54, 1.807) is 6.07 Å². The molecule has 1 aromatic rings. The summed E-state index contributed by atoms with van der Waals surface area (Å²) in [4.78, 5) is 28.4. The number of rotatable bonds is 5. The van der Waals surface area contributed by atoms with Crippen LogP contribution in [0, 0.1) is 5.92 Å². The number of amides is 2. The highest BCUT2D eigenvalue weighted by atomic mass is 19.3. The standard InChI is InChI=1S/C20H25F2N3O3/c21-20(22,14-6-7-14)19(28)23-16-11-25(12-17(16)26)18(27)13-4-3-5-15(10-13)24-8-1-2-9-24/h3-5,10,14,16-17,26H,1-2,6-9,11-12H2,(H,23,28)/t16-,17-/m1/s1. The highest BCUT2D eigenvalue weighted by molar-refractivity contribution is 5.95. The zero-order valence-electron chi connectivity index (χ0n) is 15.6. The van der Waals surface area contributed by atoms with Crippen molar-refractivity contribution in [2.45, 2.75) is 43.8 Å². The molecule has 1 aromatic carbocycles. The van der Waals surface area contributed by atoms with Crippen molar-refractivity contribution in [3.8, 4) is 0 Å². The molecule has 2 aliphatic heterocycles. The number of carbonyl (C=O) groups is 2. The van der Waals surface area contributed by atoms with Crippen LogP contribution in [0.3, 0.4) is 0 Å². The predicted octanol–water partition coefficient (Wildman–Crippen LogP) is 1.63. The summed E-state index contributed by atoms with van der Waals surface area (Å²) in [6, 6.07) is 6.43. The Morgan fingerprint density at radius 2 is 1.86 bits per heavy atom. The van der Waals surface area contributed by atoms with Crippen LogP contribution in [-0.4, -0.2) is 66.1 Å². The van der Waals surface area contributed by atoms with Crippen molar-refractivity contribution in [3.05, 3.63) is 29.8 Å². The molecule has 8 heteroatoms. The first kappa shape index (κ1) is 19.1. The summed E-state index contributed by atoms with van der Waals surface area (Å²) in [6.07, 6.45) is 1.87. The van der Waals surface area contributed by atoms with Crippen LogP contribution in [-0.2, 0) is 4.79 Å². The van der Waals surface area contributed by atoms with Crippen LogP contribution in [0.15, 0.2) is 24.3 Å². The number of carbonyl (C=O) groups excluding carboxylic acids is 2. The SMILES string of the molecule is O=C(c1cccc(N2CCCC2)c1)N1C[C@@H](O)[C@H](NC(=O)C(F)(F)C2CC2)C1. The fourth-order valence-electron chi connectivity index (χ4n) is 3.98. The summed E-state index contributed by atoms with van der Waals surface area (Å²) in [5, 5.41) is 12.4. The van der Waals surface area contributed by atoms with Gasteiger partial charge in [-0.2, -0.15) is 8.78 Å². The average molecular weight is 393 g/mol. The van der Waals surface area contributed by atoms with Gasteiger partial charge in [-0.15, -0.1) is 0 Å². The molecular weight excluding hydrogens is 368 g/mol. The van der Waals surface area contributed by atoms with Crippen molar-refractivity contribution >= 4 is 17.5 Å². The van der Waals surface area contributed by atoms with E-state index in [4.69, 9.17) is 0 Å². The minimum Gasteiger partial charge on any atom is -0.389 e. The molecule has 0 radical (unpaired) electrons.